The van der Waals surface area contributed by atoms with E-state index in [1.54, 1.807) is 11.6 Å². The van der Waals surface area contributed by atoms with E-state index in [0.717, 1.165) is 42.1 Å². The fourth-order valence-electron chi connectivity index (χ4n) is 2.86. The molecular formula is C20H22N4O2. The van der Waals surface area contributed by atoms with Crippen LogP contribution in [0.2, 0.25) is 0 Å². The fraction of sp³-hybridized carbons (Fsp3) is 0.200. The number of carbonyl (C=O) groups excluding carboxylic acids is 1. The van der Waals surface area contributed by atoms with Crippen molar-refractivity contribution in [3.63, 3.8) is 0 Å². The molecule has 1 heterocycles. The summed E-state index contributed by atoms with van der Waals surface area (Å²) in [6.07, 6.45) is 2.93. The van der Waals surface area contributed by atoms with Crippen LogP contribution in [-0.2, 0) is 17.9 Å². The fourth-order valence-corrected chi connectivity index (χ4v) is 2.86. The molecule has 0 radical (unpaired) electrons. The summed E-state index contributed by atoms with van der Waals surface area (Å²) in [6.45, 7) is 4.51. The minimum Gasteiger partial charge on any atom is -0.327 e. The average molecular weight is 350 g/mol. The Hall–Kier alpha value is -2.96. The van der Waals surface area contributed by atoms with Crippen molar-refractivity contribution < 1.29 is 10.0 Å². The van der Waals surface area contributed by atoms with Gasteiger partial charge in [-0.1, -0.05) is 36.4 Å². The number of aryl methyl sites for hydroxylation is 1. The van der Waals surface area contributed by atoms with Crippen LogP contribution in [-0.4, -0.2) is 27.2 Å². The van der Waals surface area contributed by atoms with Crippen molar-refractivity contribution in [2.45, 2.75) is 20.0 Å². The summed E-state index contributed by atoms with van der Waals surface area (Å²) >= 11 is 0. The highest BCUT2D eigenvalue weighted by Gasteiger charge is 2.05. The molecule has 0 aliphatic rings. The molecule has 3 rings (SSSR count). The van der Waals surface area contributed by atoms with Gasteiger partial charge < -0.3 is 9.88 Å². The zero-order valence-electron chi connectivity index (χ0n) is 14.6. The maximum absolute atomic E-state index is 11.0. The molecule has 0 aliphatic carbocycles. The highest BCUT2D eigenvalue weighted by atomic mass is 16.5. The summed E-state index contributed by atoms with van der Waals surface area (Å²) in [7, 11) is 0. The predicted molar refractivity (Wildman–Crippen MR) is 102 cm³/mol. The standard InChI is InChI=1S/C20H22N4O2/c1-15-22-18-4-2-3-5-19(18)24(15)13-12-21-14-17-8-6-16(7-9-17)10-11-20(25)23-26/h2-11,21,26H,12-14H2,1H3,(H,23,25)/b11-10+. The highest BCUT2D eigenvalue weighted by molar-refractivity contribution is 5.90. The van der Waals surface area contributed by atoms with Gasteiger partial charge in [0.2, 0.25) is 0 Å². The highest BCUT2D eigenvalue weighted by Crippen LogP contribution is 2.14. The van der Waals surface area contributed by atoms with Crippen molar-refractivity contribution in [1.82, 2.24) is 20.3 Å². The second-order valence-electron chi connectivity index (χ2n) is 6.03. The molecule has 134 valence electrons. The average Bonchev–Trinajstić information content (AvgIpc) is 2.99. The number of rotatable bonds is 7. The van der Waals surface area contributed by atoms with E-state index in [9.17, 15) is 4.79 Å². The molecule has 0 aliphatic heterocycles. The summed E-state index contributed by atoms with van der Waals surface area (Å²) in [4.78, 5) is 15.5. The molecule has 1 amide bonds. The quantitative estimate of drug-likeness (QED) is 0.265. The Morgan fingerprint density at radius 2 is 1.96 bits per heavy atom. The number of amides is 1. The van der Waals surface area contributed by atoms with Crippen molar-refractivity contribution in [3.8, 4) is 0 Å². The van der Waals surface area contributed by atoms with E-state index >= 15 is 0 Å². The Balaban J connectivity index is 1.51. The van der Waals surface area contributed by atoms with Crippen molar-refractivity contribution in [2.24, 2.45) is 0 Å². The molecule has 26 heavy (non-hydrogen) atoms. The van der Waals surface area contributed by atoms with Crippen molar-refractivity contribution >= 4 is 23.0 Å². The Labute approximate surface area is 152 Å². The smallest absolute Gasteiger partial charge is 0.267 e. The number of nitrogens with zero attached hydrogens (tertiary/aromatic N) is 2. The van der Waals surface area contributed by atoms with Gasteiger partial charge in [-0.25, -0.2) is 10.5 Å². The largest absolute Gasteiger partial charge is 0.327 e. The van der Waals surface area contributed by atoms with Gasteiger partial charge >= 0.3 is 0 Å². The van der Waals surface area contributed by atoms with Gasteiger partial charge in [-0.3, -0.25) is 10.0 Å². The maximum atomic E-state index is 11.0. The molecule has 3 N–H and O–H groups in total. The first-order valence-electron chi connectivity index (χ1n) is 8.51. The van der Waals surface area contributed by atoms with Crippen LogP contribution >= 0.6 is 0 Å². The third-order valence-corrected chi connectivity index (χ3v) is 4.20. The summed E-state index contributed by atoms with van der Waals surface area (Å²) < 4.78 is 2.22. The molecule has 0 fully saturated rings. The first kappa shape index (κ1) is 17.8. The van der Waals surface area contributed by atoms with Gasteiger partial charge in [-0.2, -0.15) is 0 Å². The molecule has 0 atom stereocenters. The molecule has 6 heteroatoms. The van der Waals surface area contributed by atoms with Crippen molar-refractivity contribution in [1.29, 1.82) is 0 Å². The Morgan fingerprint density at radius 1 is 1.19 bits per heavy atom. The lowest BCUT2D eigenvalue weighted by atomic mass is 10.1. The van der Waals surface area contributed by atoms with Crippen molar-refractivity contribution in [2.75, 3.05) is 6.54 Å². The van der Waals surface area contributed by atoms with Crippen LogP contribution < -0.4 is 10.8 Å². The zero-order valence-corrected chi connectivity index (χ0v) is 14.6. The lowest BCUT2D eigenvalue weighted by molar-refractivity contribution is -0.124. The number of fused-ring (bicyclic) bond motifs is 1. The van der Waals surface area contributed by atoms with E-state index in [1.165, 1.54) is 11.6 Å². The monoisotopic (exact) mass is 350 g/mol. The second-order valence-corrected chi connectivity index (χ2v) is 6.03. The number of imidazole rings is 1. The minimum absolute atomic E-state index is 0.543. The van der Waals surface area contributed by atoms with Gasteiger partial charge in [-0.05, 0) is 36.3 Å². The van der Waals surface area contributed by atoms with Gasteiger partial charge in [0.25, 0.3) is 5.91 Å². The summed E-state index contributed by atoms with van der Waals surface area (Å²) in [5.41, 5.74) is 5.83. The lowest BCUT2D eigenvalue weighted by Gasteiger charge is -2.09. The van der Waals surface area contributed by atoms with Gasteiger partial charge in [0.1, 0.15) is 5.82 Å². The molecule has 0 saturated heterocycles. The molecule has 3 aromatic rings. The molecule has 0 saturated carbocycles. The molecule has 0 unspecified atom stereocenters. The molecule has 1 aromatic heterocycles. The van der Waals surface area contributed by atoms with E-state index in [-0.39, 0.29) is 0 Å². The van der Waals surface area contributed by atoms with Crippen LogP contribution in [0.15, 0.2) is 54.6 Å². The van der Waals surface area contributed by atoms with Crippen LogP contribution in [0.3, 0.4) is 0 Å². The van der Waals surface area contributed by atoms with Crippen LogP contribution in [0.1, 0.15) is 17.0 Å². The third kappa shape index (κ3) is 4.36. The van der Waals surface area contributed by atoms with Crippen LogP contribution in [0.5, 0.6) is 0 Å². The third-order valence-electron chi connectivity index (χ3n) is 4.20. The van der Waals surface area contributed by atoms with Crippen LogP contribution in [0.25, 0.3) is 17.1 Å². The number of carbonyl (C=O) groups is 1. The number of aromatic nitrogens is 2. The number of hydrogen-bond acceptors (Lipinski definition) is 4. The molecule has 6 nitrogen and oxygen atoms in total. The summed E-state index contributed by atoms with van der Waals surface area (Å²) in [5, 5.41) is 11.9. The zero-order chi connectivity index (χ0) is 18.4. The van der Waals surface area contributed by atoms with E-state index in [0.29, 0.717) is 0 Å². The first-order chi connectivity index (χ1) is 12.7. The number of nitrogens with one attached hydrogen (secondary N) is 2. The van der Waals surface area contributed by atoms with E-state index in [1.807, 2.05) is 49.4 Å². The lowest BCUT2D eigenvalue weighted by Crippen LogP contribution is -2.20. The Kier molecular flexibility index (Phi) is 5.78. The molecule has 2 aromatic carbocycles. The normalized spacial score (nSPS) is 11.3. The molecular weight excluding hydrogens is 328 g/mol. The molecule has 0 bridgehead atoms. The van der Waals surface area contributed by atoms with Gasteiger partial charge in [-0.15, -0.1) is 0 Å². The van der Waals surface area contributed by atoms with Gasteiger partial charge in [0.15, 0.2) is 0 Å². The van der Waals surface area contributed by atoms with Gasteiger partial charge in [0, 0.05) is 25.7 Å². The number of hydrogen-bond donors (Lipinski definition) is 3. The summed E-state index contributed by atoms with van der Waals surface area (Å²) in [5.74, 6) is 0.481. The topological polar surface area (TPSA) is 79.2 Å². The number of benzene rings is 2. The van der Waals surface area contributed by atoms with Crippen LogP contribution in [0.4, 0.5) is 0 Å². The first-order valence-corrected chi connectivity index (χ1v) is 8.51. The predicted octanol–water partition coefficient (Wildman–Crippen LogP) is 2.65. The Bertz CT molecular complexity index is 913. The maximum Gasteiger partial charge on any atom is 0.267 e. The van der Waals surface area contributed by atoms with E-state index in [2.05, 4.69) is 20.9 Å². The SMILES string of the molecule is Cc1nc2ccccc2n1CCNCc1ccc(/C=C/C(=O)NO)cc1. The van der Waals surface area contributed by atoms with E-state index in [4.69, 9.17) is 5.21 Å². The second kappa shape index (κ2) is 8.42. The van der Waals surface area contributed by atoms with Gasteiger partial charge in [0.05, 0.1) is 11.0 Å². The van der Waals surface area contributed by atoms with E-state index < -0.39 is 5.91 Å². The number of para-hydroxylation sites is 2. The van der Waals surface area contributed by atoms with Crippen molar-refractivity contribution in [3.05, 3.63) is 71.6 Å². The summed E-state index contributed by atoms with van der Waals surface area (Å²) in [6, 6.07) is 16.1. The molecule has 0 spiro atoms. The Morgan fingerprint density at radius 3 is 2.73 bits per heavy atom. The number of hydroxylamine groups is 1. The van der Waals surface area contributed by atoms with Crippen LogP contribution in [0, 0.1) is 6.92 Å². The minimum atomic E-state index is -0.543.